The topological polar surface area (TPSA) is 25.3 Å². The first kappa shape index (κ1) is 53.0. The molecule has 3 heteroatoms. The van der Waals surface area contributed by atoms with Gasteiger partial charge in [-0.2, -0.15) is 0 Å². The molecular formula is C52H86N2Ni. The van der Waals surface area contributed by atoms with E-state index in [0.29, 0.717) is 0 Å². The minimum atomic E-state index is 0. The molecular weight excluding hydrogens is 711 g/mol. The Bertz CT molecular complexity index is 1320. The van der Waals surface area contributed by atoms with Crippen LogP contribution in [-0.4, -0.2) is 4.70 Å². The van der Waals surface area contributed by atoms with E-state index in [1.54, 1.807) is 4.70 Å². The standard InChI is InChI=1S/C50H80N2.2CH3.Ni/c1-5-9-13-15-17-18-19-20-21-22-23-24-25-26-28-30-40-48-47(39-29-27-16-14-10-6-2)49(45-37-31-35-43(41-45)33-11-7-3)52(51)50(48)46-38-32-36-44(42-46)34-12-8-4;;;/h31-32,35-38,41-42H,5-30,33-34,39-40H2,1-4H3;2*1H3;/q;2*-1;+2. The summed E-state index contributed by atoms with van der Waals surface area (Å²) in [5.74, 6) is 0. The second-order valence-corrected chi connectivity index (χ2v) is 16.1. The van der Waals surface area contributed by atoms with Crippen molar-refractivity contribution >= 4 is 11.4 Å². The van der Waals surface area contributed by atoms with Gasteiger partial charge < -0.3 is 20.4 Å². The van der Waals surface area contributed by atoms with Crippen LogP contribution in [0, 0.1) is 14.9 Å². The Morgan fingerprint density at radius 2 is 0.673 bits per heavy atom. The van der Waals surface area contributed by atoms with Crippen LogP contribution in [0.2, 0.25) is 0 Å². The van der Waals surface area contributed by atoms with Gasteiger partial charge in [0.2, 0.25) is 11.4 Å². The third kappa shape index (κ3) is 20.3. The van der Waals surface area contributed by atoms with E-state index in [1.165, 1.54) is 200 Å². The quantitative estimate of drug-likeness (QED) is 0.0305. The first-order chi connectivity index (χ1) is 25.6. The first-order valence-corrected chi connectivity index (χ1v) is 22.8. The molecule has 1 heterocycles. The van der Waals surface area contributed by atoms with Crippen molar-refractivity contribution in [2.45, 2.75) is 220 Å². The minimum Gasteiger partial charge on any atom is -0.493 e. The van der Waals surface area contributed by atoms with E-state index in [4.69, 9.17) is 0 Å². The zero-order valence-electron chi connectivity index (χ0n) is 37.0. The maximum Gasteiger partial charge on any atom is 2.00 e. The fourth-order valence-corrected chi connectivity index (χ4v) is 8.23. The van der Waals surface area contributed by atoms with Crippen molar-refractivity contribution in [2.75, 3.05) is 0 Å². The Morgan fingerprint density at radius 3 is 0.982 bits per heavy atom. The molecule has 0 saturated carbocycles. The Balaban J connectivity index is 0.00000972. The van der Waals surface area contributed by atoms with Crippen LogP contribution >= 0.6 is 0 Å². The summed E-state index contributed by atoms with van der Waals surface area (Å²) < 4.78 is 1.62. The van der Waals surface area contributed by atoms with E-state index < -0.39 is 0 Å². The third-order valence-corrected chi connectivity index (χ3v) is 11.5. The zero-order valence-corrected chi connectivity index (χ0v) is 38.0. The molecule has 0 aromatic heterocycles. The number of unbranched alkanes of at least 4 members (excludes halogenated alkanes) is 22. The van der Waals surface area contributed by atoms with Crippen molar-refractivity contribution in [1.82, 2.24) is 0 Å². The van der Waals surface area contributed by atoms with Crippen molar-refractivity contribution in [3.05, 3.63) is 102 Å². The van der Waals surface area contributed by atoms with Gasteiger partial charge in [0.25, 0.3) is 0 Å². The molecule has 0 radical (unpaired) electrons. The molecule has 314 valence electrons. The molecule has 0 spiro atoms. The molecule has 2 nitrogen and oxygen atoms in total. The van der Waals surface area contributed by atoms with Crippen molar-refractivity contribution < 1.29 is 21.2 Å². The maximum absolute atomic E-state index is 12.3. The average molecular weight is 798 g/mol. The van der Waals surface area contributed by atoms with Crippen molar-refractivity contribution in [2.24, 2.45) is 0 Å². The number of allylic oxidation sites excluding steroid dienone is 2. The number of hydrogen-bond acceptors (Lipinski definition) is 0. The van der Waals surface area contributed by atoms with Gasteiger partial charge in [-0.25, -0.2) is 4.70 Å². The van der Waals surface area contributed by atoms with Crippen molar-refractivity contribution in [1.29, 1.82) is 0 Å². The van der Waals surface area contributed by atoms with Crippen LogP contribution in [0.15, 0.2) is 59.7 Å². The average Bonchev–Trinajstić information content (AvgIpc) is 3.44. The molecule has 2 aromatic rings. The van der Waals surface area contributed by atoms with Crippen LogP contribution in [-0.2, 0) is 29.3 Å². The molecule has 3 rings (SSSR count). The van der Waals surface area contributed by atoms with E-state index in [9.17, 15) is 5.53 Å². The van der Waals surface area contributed by atoms with Gasteiger partial charge in [-0.3, -0.25) is 0 Å². The van der Waals surface area contributed by atoms with Gasteiger partial charge >= 0.3 is 16.5 Å². The van der Waals surface area contributed by atoms with Crippen LogP contribution in [0.4, 0.5) is 0 Å². The van der Waals surface area contributed by atoms with E-state index in [2.05, 4.69) is 76.2 Å². The molecule has 1 aliphatic rings. The Hall–Kier alpha value is -1.99. The van der Waals surface area contributed by atoms with Crippen LogP contribution in [0.3, 0.4) is 0 Å². The Kier molecular flexibility index (Phi) is 32.9. The normalized spacial score (nSPS) is 12.5. The molecule has 0 saturated heterocycles. The molecule has 0 unspecified atom stereocenters. The predicted octanol–water partition coefficient (Wildman–Crippen LogP) is 17.8. The molecule has 55 heavy (non-hydrogen) atoms. The minimum absolute atomic E-state index is 0. The third-order valence-electron chi connectivity index (χ3n) is 11.5. The molecule has 0 aliphatic carbocycles. The van der Waals surface area contributed by atoms with Crippen LogP contribution in [0.5, 0.6) is 0 Å². The largest absolute Gasteiger partial charge is 2.00 e. The van der Waals surface area contributed by atoms with Crippen molar-refractivity contribution in [3.63, 3.8) is 0 Å². The Labute approximate surface area is 353 Å². The molecule has 0 N–H and O–H groups in total. The molecule has 0 fully saturated rings. The van der Waals surface area contributed by atoms with E-state index in [1.807, 2.05) is 0 Å². The van der Waals surface area contributed by atoms with Gasteiger partial charge in [0.15, 0.2) is 0 Å². The summed E-state index contributed by atoms with van der Waals surface area (Å²) in [7, 11) is 0. The summed E-state index contributed by atoms with van der Waals surface area (Å²) >= 11 is 0. The fourth-order valence-electron chi connectivity index (χ4n) is 8.23. The number of rotatable bonds is 32. The van der Waals surface area contributed by atoms with E-state index in [-0.39, 0.29) is 31.3 Å². The van der Waals surface area contributed by atoms with Crippen LogP contribution in [0.1, 0.15) is 230 Å². The second-order valence-electron chi connectivity index (χ2n) is 16.1. The summed E-state index contributed by atoms with van der Waals surface area (Å²) in [6.07, 6.45) is 39.1. The van der Waals surface area contributed by atoms with Crippen LogP contribution < -0.4 is 0 Å². The number of aryl methyl sites for hydroxylation is 2. The predicted molar refractivity (Wildman–Crippen MR) is 243 cm³/mol. The van der Waals surface area contributed by atoms with E-state index >= 15 is 0 Å². The summed E-state index contributed by atoms with van der Waals surface area (Å²) in [6, 6.07) is 18.2. The smallest absolute Gasteiger partial charge is 0.493 e. The first-order valence-electron chi connectivity index (χ1n) is 22.8. The molecule has 1 aliphatic heterocycles. The fraction of sp³-hybridized carbons (Fsp3) is 0.654. The zero-order chi connectivity index (χ0) is 37.1. The number of hydrogen-bond donors (Lipinski definition) is 0. The molecule has 2 aromatic carbocycles. The molecule has 0 amide bonds. The van der Waals surface area contributed by atoms with Gasteiger partial charge in [0.1, 0.15) is 0 Å². The molecule has 0 bridgehead atoms. The van der Waals surface area contributed by atoms with Crippen molar-refractivity contribution in [3.8, 4) is 0 Å². The summed E-state index contributed by atoms with van der Waals surface area (Å²) in [5, 5.41) is 0. The molecule has 0 atom stereocenters. The second kappa shape index (κ2) is 34.1. The summed E-state index contributed by atoms with van der Waals surface area (Å²) in [4.78, 5) is 0. The van der Waals surface area contributed by atoms with E-state index in [0.717, 1.165) is 37.1 Å². The number of benzene rings is 2. The van der Waals surface area contributed by atoms with Gasteiger partial charge in [-0.15, -0.1) is 0 Å². The van der Waals surface area contributed by atoms with Gasteiger partial charge in [0, 0.05) is 22.3 Å². The summed E-state index contributed by atoms with van der Waals surface area (Å²) in [6.45, 7) is 9.15. The van der Waals surface area contributed by atoms with Gasteiger partial charge in [0.05, 0.1) is 0 Å². The Morgan fingerprint density at radius 1 is 0.382 bits per heavy atom. The number of nitrogens with zero attached hydrogens (tertiary/aromatic N) is 2. The monoisotopic (exact) mass is 797 g/mol. The van der Waals surface area contributed by atoms with Crippen LogP contribution in [0.25, 0.3) is 16.9 Å². The SMILES string of the molecule is CCCCCCCCCCCCCCCCCCC1=C(c2cccc(CCCC)c2)[N+](=[N-])C(c2cccc(CCCC)c2)=C1CCCCCCCC.[CH3-].[CH3-].[Ni+2]. The van der Waals surface area contributed by atoms with Gasteiger partial charge in [-0.05, 0) is 86.8 Å². The maximum atomic E-state index is 12.3. The van der Waals surface area contributed by atoms with Gasteiger partial charge in [-0.1, -0.05) is 193 Å². The summed E-state index contributed by atoms with van der Waals surface area (Å²) in [5.41, 5.74) is 22.3.